The predicted octanol–water partition coefficient (Wildman–Crippen LogP) is 2.05. The van der Waals surface area contributed by atoms with E-state index in [1.54, 1.807) is 0 Å². The van der Waals surface area contributed by atoms with E-state index in [0.29, 0.717) is 5.91 Å². The van der Waals surface area contributed by atoms with Crippen LogP contribution in [0.15, 0.2) is 36.5 Å². The van der Waals surface area contributed by atoms with Gasteiger partial charge in [0.1, 0.15) is 0 Å². The Kier molecular flexibility index (Phi) is 3.67. The second-order valence-electron chi connectivity index (χ2n) is 8.43. The van der Waals surface area contributed by atoms with Crippen LogP contribution in [0.4, 0.5) is 0 Å². The summed E-state index contributed by atoms with van der Waals surface area (Å²) in [5.74, 6) is 0.340. The number of aryl methyl sites for hydroxylation is 1. The van der Waals surface area contributed by atoms with Crippen LogP contribution in [0.25, 0.3) is 0 Å². The molecular formula is C21H26N4O. The fourth-order valence-electron chi connectivity index (χ4n) is 5.27. The van der Waals surface area contributed by atoms with Gasteiger partial charge in [0.05, 0.1) is 11.6 Å². The number of amides is 1. The smallest absolute Gasteiger partial charge is 0.231 e. The minimum absolute atomic E-state index is 0.102. The zero-order chi connectivity index (χ0) is 17.6. The first-order chi connectivity index (χ1) is 12.7. The molecule has 5 nitrogen and oxygen atoms in total. The number of aromatic nitrogens is 2. The molecule has 0 bridgehead atoms. The molecule has 1 atom stereocenters. The molecule has 1 amide bonds. The molecule has 2 aliphatic heterocycles. The van der Waals surface area contributed by atoms with Gasteiger partial charge in [-0.1, -0.05) is 30.3 Å². The fourth-order valence-corrected chi connectivity index (χ4v) is 5.27. The largest absolute Gasteiger partial charge is 0.341 e. The van der Waals surface area contributed by atoms with Crippen LogP contribution in [0.5, 0.6) is 0 Å². The number of nitrogens with one attached hydrogen (secondary N) is 2. The van der Waals surface area contributed by atoms with Crippen LogP contribution in [0.3, 0.4) is 0 Å². The molecule has 1 aromatic carbocycles. The SMILES string of the molecule is O=C(N1CCCC2(CCc3cn[nH]c32)C1)C1(Cc2ccccc2)CNC1. The minimum Gasteiger partial charge on any atom is -0.341 e. The summed E-state index contributed by atoms with van der Waals surface area (Å²) >= 11 is 0. The van der Waals surface area contributed by atoms with E-state index >= 15 is 0 Å². The number of H-pyrrole nitrogens is 1. The summed E-state index contributed by atoms with van der Waals surface area (Å²) in [6, 6.07) is 10.4. The minimum atomic E-state index is -0.269. The lowest BCUT2D eigenvalue weighted by atomic mass is 9.72. The maximum absolute atomic E-state index is 13.6. The molecule has 0 saturated carbocycles. The van der Waals surface area contributed by atoms with E-state index in [1.807, 2.05) is 12.3 Å². The molecule has 0 radical (unpaired) electrons. The van der Waals surface area contributed by atoms with Crippen molar-refractivity contribution in [3.63, 3.8) is 0 Å². The molecular weight excluding hydrogens is 324 g/mol. The standard InChI is InChI=1S/C21H26N4O/c26-19(21(13-22-14-21)11-16-5-2-1-3-6-16)25-10-4-8-20(15-25)9-7-17-12-23-24-18(17)20/h1-3,5-6,12,22H,4,7-11,13-15H2,(H,23,24). The lowest BCUT2D eigenvalue weighted by Crippen LogP contribution is -2.65. The van der Waals surface area contributed by atoms with Crippen molar-refractivity contribution in [3.05, 3.63) is 53.3 Å². The van der Waals surface area contributed by atoms with Gasteiger partial charge in [-0.2, -0.15) is 5.10 Å². The summed E-state index contributed by atoms with van der Waals surface area (Å²) in [6.07, 6.45) is 7.28. The van der Waals surface area contributed by atoms with Gasteiger partial charge in [-0.3, -0.25) is 9.89 Å². The average Bonchev–Trinajstić information content (AvgIpc) is 3.24. The third kappa shape index (κ3) is 2.41. The molecule has 2 fully saturated rings. The van der Waals surface area contributed by atoms with Gasteiger partial charge in [0.25, 0.3) is 0 Å². The number of hydrogen-bond donors (Lipinski definition) is 2. The van der Waals surface area contributed by atoms with E-state index < -0.39 is 0 Å². The second kappa shape index (κ2) is 5.95. The summed E-state index contributed by atoms with van der Waals surface area (Å²) in [5, 5.41) is 10.9. The summed E-state index contributed by atoms with van der Waals surface area (Å²) in [6.45, 7) is 3.32. The topological polar surface area (TPSA) is 61.0 Å². The van der Waals surface area contributed by atoms with Gasteiger partial charge in [-0.25, -0.2) is 0 Å². The Labute approximate surface area is 154 Å². The molecule has 3 heterocycles. The van der Waals surface area contributed by atoms with Gasteiger partial charge in [-0.05, 0) is 43.2 Å². The molecule has 1 aromatic heterocycles. The highest BCUT2D eigenvalue weighted by Gasteiger charge is 2.50. The molecule has 5 heteroatoms. The van der Waals surface area contributed by atoms with Gasteiger partial charge in [0.2, 0.25) is 5.91 Å². The highest BCUT2D eigenvalue weighted by atomic mass is 16.2. The first-order valence-electron chi connectivity index (χ1n) is 9.78. The Hall–Kier alpha value is -2.14. The molecule has 2 saturated heterocycles. The number of nitrogens with zero attached hydrogens (tertiary/aromatic N) is 2. The average molecular weight is 350 g/mol. The molecule has 2 aromatic rings. The van der Waals surface area contributed by atoms with Crippen LogP contribution >= 0.6 is 0 Å². The van der Waals surface area contributed by atoms with E-state index in [0.717, 1.165) is 58.3 Å². The number of carbonyl (C=O) groups excluding carboxylic acids is 1. The third-order valence-electron chi connectivity index (χ3n) is 6.75. The van der Waals surface area contributed by atoms with Crippen molar-refractivity contribution in [2.45, 2.75) is 37.5 Å². The number of rotatable bonds is 3. The first kappa shape index (κ1) is 16.1. The fraction of sp³-hybridized carbons (Fsp3) is 0.524. The Morgan fingerprint density at radius 2 is 2.04 bits per heavy atom. The van der Waals surface area contributed by atoms with E-state index in [-0.39, 0.29) is 10.8 Å². The van der Waals surface area contributed by atoms with Crippen molar-refractivity contribution >= 4 is 5.91 Å². The van der Waals surface area contributed by atoms with E-state index in [2.05, 4.69) is 44.7 Å². The van der Waals surface area contributed by atoms with Crippen LogP contribution in [0.1, 0.15) is 36.1 Å². The van der Waals surface area contributed by atoms with Crippen LogP contribution in [0, 0.1) is 5.41 Å². The Morgan fingerprint density at radius 1 is 1.19 bits per heavy atom. The molecule has 136 valence electrons. The summed E-state index contributed by atoms with van der Waals surface area (Å²) in [5.41, 5.74) is 3.73. The van der Waals surface area contributed by atoms with E-state index in [1.165, 1.54) is 16.8 Å². The van der Waals surface area contributed by atoms with Crippen LogP contribution in [-0.4, -0.2) is 47.2 Å². The van der Waals surface area contributed by atoms with Gasteiger partial charge in [-0.15, -0.1) is 0 Å². The molecule has 5 rings (SSSR count). The van der Waals surface area contributed by atoms with Gasteiger partial charge in [0, 0.05) is 37.3 Å². The van der Waals surface area contributed by atoms with Gasteiger partial charge < -0.3 is 10.2 Å². The lowest BCUT2D eigenvalue weighted by molar-refractivity contribution is -0.147. The van der Waals surface area contributed by atoms with Crippen molar-refractivity contribution in [2.24, 2.45) is 5.41 Å². The Bertz CT molecular complexity index is 810. The molecule has 1 unspecified atom stereocenters. The normalized spacial score (nSPS) is 26.5. The number of carbonyl (C=O) groups is 1. The van der Waals surface area contributed by atoms with Gasteiger partial charge >= 0.3 is 0 Å². The molecule has 3 aliphatic rings. The van der Waals surface area contributed by atoms with Crippen LogP contribution in [-0.2, 0) is 23.1 Å². The van der Waals surface area contributed by atoms with E-state index in [9.17, 15) is 4.79 Å². The maximum atomic E-state index is 13.6. The van der Waals surface area contributed by atoms with Crippen molar-refractivity contribution in [2.75, 3.05) is 26.2 Å². The van der Waals surface area contributed by atoms with E-state index in [4.69, 9.17) is 0 Å². The number of aromatic amines is 1. The summed E-state index contributed by atoms with van der Waals surface area (Å²) < 4.78 is 0. The summed E-state index contributed by atoms with van der Waals surface area (Å²) in [7, 11) is 0. The second-order valence-corrected chi connectivity index (χ2v) is 8.43. The number of benzene rings is 1. The maximum Gasteiger partial charge on any atom is 0.231 e. The predicted molar refractivity (Wildman–Crippen MR) is 99.8 cm³/mol. The monoisotopic (exact) mass is 350 g/mol. The first-order valence-corrected chi connectivity index (χ1v) is 9.78. The van der Waals surface area contributed by atoms with Crippen molar-refractivity contribution < 1.29 is 4.79 Å². The number of likely N-dealkylation sites (tertiary alicyclic amines) is 1. The summed E-state index contributed by atoms with van der Waals surface area (Å²) in [4.78, 5) is 15.7. The van der Waals surface area contributed by atoms with Crippen LogP contribution in [0.2, 0.25) is 0 Å². The van der Waals surface area contributed by atoms with Crippen molar-refractivity contribution in [1.82, 2.24) is 20.4 Å². The van der Waals surface area contributed by atoms with Crippen molar-refractivity contribution in [1.29, 1.82) is 0 Å². The highest BCUT2D eigenvalue weighted by molar-refractivity contribution is 5.85. The Balaban J connectivity index is 1.38. The molecule has 1 spiro atoms. The lowest BCUT2D eigenvalue weighted by Gasteiger charge is -2.48. The molecule has 1 aliphatic carbocycles. The molecule has 2 N–H and O–H groups in total. The Morgan fingerprint density at radius 3 is 2.81 bits per heavy atom. The van der Waals surface area contributed by atoms with Gasteiger partial charge in [0.15, 0.2) is 0 Å². The number of piperidine rings is 1. The quantitative estimate of drug-likeness (QED) is 0.891. The highest BCUT2D eigenvalue weighted by Crippen LogP contribution is 2.45. The number of hydrogen-bond acceptors (Lipinski definition) is 3. The van der Waals surface area contributed by atoms with Crippen LogP contribution < -0.4 is 5.32 Å². The zero-order valence-electron chi connectivity index (χ0n) is 15.1. The third-order valence-corrected chi connectivity index (χ3v) is 6.75. The number of fused-ring (bicyclic) bond motifs is 2. The zero-order valence-corrected chi connectivity index (χ0v) is 15.1. The van der Waals surface area contributed by atoms with Crippen molar-refractivity contribution in [3.8, 4) is 0 Å². The molecule has 26 heavy (non-hydrogen) atoms.